The molecule has 2 fully saturated rings. The van der Waals surface area contributed by atoms with Crippen molar-refractivity contribution in [1.29, 1.82) is 0 Å². The molecule has 0 spiro atoms. The molecule has 0 atom stereocenters. The van der Waals surface area contributed by atoms with Gasteiger partial charge in [0, 0.05) is 50.5 Å². The van der Waals surface area contributed by atoms with Crippen molar-refractivity contribution in [1.82, 2.24) is 19.8 Å². The lowest BCUT2D eigenvalue weighted by molar-refractivity contribution is -0.128. The van der Waals surface area contributed by atoms with Crippen LogP contribution in [0.3, 0.4) is 0 Å². The topological polar surface area (TPSA) is 67.2 Å². The molecule has 1 aliphatic carbocycles. The van der Waals surface area contributed by atoms with Gasteiger partial charge in [-0.3, -0.25) is 9.59 Å². The van der Waals surface area contributed by atoms with E-state index in [-0.39, 0.29) is 41.9 Å². The molecule has 1 saturated heterocycles. The van der Waals surface area contributed by atoms with E-state index in [2.05, 4.69) is 30.7 Å². The predicted molar refractivity (Wildman–Crippen MR) is 119 cm³/mol. The summed E-state index contributed by atoms with van der Waals surface area (Å²) < 4.78 is 29.4. The Morgan fingerprint density at radius 2 is 1.84 bits per heavy atom. The lowest BCUT2D eigenvalue weighted by atomic mass is 9.86. The number of nitrogens with zero attached hydrogens (tertiary/aromatic N) is 3. The minimum atomic E-state index is -2.54. The summed E-state index contributed by atoms with van der Waals surface area (Å²) in [5.41, 5.74) is 2.00. The molecular formula is C24H32F2N4O2. The SMILES string of the molecule is CNC(=O)C1CN(C(=O)c2ccc3c(c2)nc(C(C)(C)C)n3CC2CCC(F)(F)CC2)C1. The molecule has 0 bridgehead atoms. The number of alkyl halides is 2. The number of hydrogen-bond donors (Lipinski definition) is 1. The van der Waals surface area contributed by atoms with Crippen molar-refractivity contribution < 1.29 is 18.4 Å². The smallest absolute Gasteiger partial charge is 0.253 e. The van der Waals surface area contributed by atoms with Crippen LogP contribution in [0, 0.1) is 11.8 Å². The maximum atomic E-state index is 13.6. The van der Waals surface area contributed by atoms with Crippen LogP contribution in [0.4, 0.5) is 8.78 Å². The van der Waals surface area contributed by atoms with Gasteiger partial charge in [-0.2, -0.15) is 0 Å². The monoisotopic (exact) mass is 446 g/mol. The van der Waals surface area contributed by atoms with Crippen LogP contribution < -0.4 is 5.32 Å². The molecule has 1 aromatic heterocycles. The number of amides is 2. The maximum Gasteiger partial charge on any atom is 0.253 e. The molecule has 1 saturated carbocycles. The van der Waals surface area contributed by atoms with E-state index < -0.39 is 5.92 Å². The van der Waals surface area contributed by atoms with Gasteiger partial charge in [0.05, 0.1) is 17.0 Å². The molecule has 32 heavy (non-hydrogen) atoms. The first-order chi connectivity index (χ1) is 15.0. The van der Waals surface area contributed by atoms with Crippen LogP contribution in [0.1, 0.15) is 62.6 Å². The van der Waals surface area contributed by atoms with Gasteiger partial charge in [0.15, 0.2) is 0 Å². The lowest BCUT2D eigenvalue weighted by Gasteiger charge is -2.38. The molecule has 2 amide bonds. The maximum absolute atomic E-state index is 13.6. The molecule has 0 unspecified atom stereocenters. The van der Waals surface area contributed by atoms with Gasteiger partial charge in [0.1, 0.15) is 5.82 Å². The molecule has 174 valence electrons. The van der Waals surface area contributed by atoms with E-state index in [1.54, 1.807) is 18.0 Å². The number of aromatic nitrogens is 2. The zero-order valence-corrected chi connectivity index (χ0v) is 19.3. The van der Waals surface area contributed by atoms with E-state index in [4.69, 9.17) is 4.98 Å². The average molecular weight is 447 g/mol. The number of likely N-dealkylation sites (tertiary alicyclic amines) is 1. The zero-order valence-electron chi connectivity index (χ0n) is 19.3. The van der Waals surface area contributed by atoms with Crippen LogP contribution in [-0.4, -0.2) is 52.3 Å². The van der Waals surface area contributed by atoms with E-state index in [1.807, 2.05) is 12.1 Å². The van der Waals surface area contributed by atoms with Gasteiger partial charge < -0.3 is 14.8 Å². The summed E-state index contributed by atoms with van der Waals surface area (Å²) in [4.78, 5) is 31.1. The number of fused-ring (bicyclic) bond motifs is 1. The number of nitrogens with one attached hydrogen (secondary N) is 1. The molecule has 8 heteroatoms. The molecular weight excluding hydrogens is 414 g/mol. The highest BCUT2D eigenvalue weighted by Gasteiger charge is 2.37. The number of halogens is 2. The van der Waals surface area contributed by atoms with Gasteiger partial charge in [-0.1, -0.05) is 20.8 Å². The number of hydrogen-bond acceptors (Lipinski definition) is 3. The molecule has 2 heterocycles. The molecule has 0 radical (unpaired) electrons. The quantitative estimate of drug-likeness (QED) is 0.773. The molecule has 2 aliphatic rings. The summed E-state index contributed by atoms with van der Waals surface area (Å²) in [6, 6.07) is 5.53. The van der Waals surface area contributed by atoms with Crippen molar-refractivity contribution in [3.8, 4) is 0 Å². The van der Waals surface area contributed by atoms with Crippen molar-refractivity contribution in [3.05, 3.63) is 29.6 Å². The fourth-order valence-electron chi connectivity index (χ4n) is 4.76. The molecule has 2 aromatic rings. The highest BCUT2D eigenvalue weighted by molar-refractivity contribution is 5.98. The second kappa shape index (κ2) is 8.12. The van der Waals surface area contributed by atoms with E-state index in [1.165, 1.54) is 0 Å². The Morgan fingerprint density at radius 1 is 1.19 bits per heavy atom. The Kier molecular flexibility index (Phi) is 5.75. The van der Waals surface area contributed by atoms with Gasteiger partial charge >= 0.3 is 0 Å². The first-order valence-electron chi connectivity index (χ1n) is 11.4. The second-order valence-corrected chi connectivity index (χ2v) is 10.3. The average Bonchev–Trinajstić information content (AvgIpc) is 3.06. The minimum absolute atomic E-state index is 0.0430. The number of rotatable bonds is 4. The largest absolute Gasteiger partial charge is 0.359 e. The van der Waals surface area contributed by atoms with Gasteiger partial charge in [-0.05, 0) is 37.0 Å². The van der Waals surface area contributed by atoms with E-state index >= 15 is 0 Å². The fraction of sp³-hybridized carbons (Fsp3) is 0.625. The van der Waals surface area contributed by atoms with Gasteiger partial charge in [0.2, 0.25) is 11.8 Å². The normalized spacial score (nSPS) is 19.8. The Balaban J connectivity index is 1.58. The van der Waals surface area contributed by atoms with Gasteiger partial charge in [-0.15, -0.1) is 0 Å². The first kappa shape index (κ1) is 22.7. The summed E-state index contributed by atoms with van der Waals surface area (Å²) in [7, 11) is 1.60. The third-order valence-corrected chi connectivity index (χ3v) is 6.73. The Morgan fingerprint density at radius 3 is 2.44 bits per heavy atom. The first-order valence-corrected chi connectivity index (χ1v) is 11.4. The van der Waals surface area contributed by atoms with Crippen LogP contribution >= 0.6 is 0 Å². The van der Waals surface area contributed by atoms with E-state index in [0.717, 1.165) is 16.9 Å². The van der Waals surface area contributed by atoms with Crippen molar-refractivity contribution in [2.75, 3.05) is 20.1 Å². The highest BCUT2D eigenvalue weighted by Crippen LogP contribution is 2.38. The molecule has 1 aromatic carbocycles. The summed E-state index contributed by atoms with van der Waals surface area (Å²) in [6.07, 6.45) is 0.907. The summed E-state index contributed by atoms with van der Waals surface area (Å²) in [5.74, 6) is -1.74. The third kappa shape index (κ3) is 4.36. The van der Waals surface area contributed by atoms with Crippen LogP contribution in [0.2, 0.25) is 0 Å². The van der Waals surface area contributed by atoms with Crippen LogP contribution in [-0.2, 0) is 16.8 Å². The Labute approximate surface area is 187 Å². The van der Waals surface area contributed by atoms with Crippen LogP contribution in [0.25, 0.3) is 11.0 Å². The third-order valence-electron chi connectivity index (χ3n) is 6.73. The van der Waals surface area contributed by atoms with Crippen molar-refractivity contribution in [3.63, 3.8) is 0 Å². The van der Waals surface area contributed by atoms with Crippen LogP contribution in [0.15, 0.2) is 18.2 Å². The Hall–Kier alpha value is -2.51. The van der Waals surface area contributed by atoms with Gasteiger partial charge in [0.25, 0.3) is 5.91 Å². The highest BCUT2D eigenvalue weighted by atomic mass is 19.3. The van der Waals surface area contributed by atoms with E-state index in [0.29, 0.717) is 38.0 Å². The van der Waals surface area contributed by atoms with Gasteiger partial charge in [-0.25, -0.2) is 13.8 Å². The van der Waals surface area contributed by atoms with Crippen molar-refractivity contribution in [2.24, 2.45) is 11.8 Å². The molecule has 4 rings (SSSR count). The number of benzene rings is 1. The zero-order chi connectivity index (χ0) is 23.3. The number of imidazole rings is 1. The standard InChI is InChI=1S/C24H32F2N4O2/c1-23(2,3)22-28-18-11-16(21(32)29-13-17(14-29)20(31)27-4)5-6-19(18)30(22)12-15-7-9-24(25,26)10-8-15/h5-6,11,15,17H,7-10,12-14H2,1-4H3,(H,27,31). The van der Waals surface area contributed by atoms with E-state index in [9.17, 15) is 18.4 Å². The Bertz CT molecular complexity index is 1020. The summed E-state index contributed by atoms with van der Waals surface area (Å²) >= 11 is 0. The van der Waals surface area contributed by atoms with Crippen LogP contribution in [0.5, 0.6) is 0 Å². The fourth-order valence-corrected chi connectivity index (χ4v) is 4.76. The number of carbonyl (C=O) groups excluding carboxylic acids is 2. The second-order valence-electron chi connectivity index (χ2n) is 10.3. The molecule has 1 N–H and O–H groups in total. The minimum Gasteiger partial charge on any atom is -0.359 e. The number of carbonyl (C=O) groups is 2. The molecule has 1 aliphatic heterocycles. The lowest BCUT2D eigenvalue weighted by Crippen LogP contribution is -2.55. The van der Waals surface area contributed by atoms with Crippen molar-refractivity contribution in [2.45, 2.75) is 64.3 Å². The van der Waals surface area contributed by atoms with Crippen molar-refractivity contribution >= 4 is 22.8 Å². The summed E-state index contributed by atoms with van der Waals surface area (Å²) in [5, 5.41) is 2.62. The summed E-state index contributed by atoms with van der Waals surface area (Å²) in [6.45, 7) is 7.77. The molecule has 6 nitrogen and oxygen atoms in total. The predicted octanol–water partition coefficient (Wildman–Crippen LogP) is 3.98.